The van der Waals surface area contributed by atoms with Gasteiger partial charge in [-0.1, -0.05) is 19.8 Å². The van der Waals surface area contributed by atoms with Crippen molar-refractivity contribution in [3.63, 3.8) is 0 Å². The molecule has 0 aromatic heterocycles. The van der Waals surface area contributed by atoms with Crippen molar-refractivity contribution in [2.24, 2.45) is 0 Å². The minimum atomic E-state index is -0.390. The summed E-state index contributed by atoms with van der Waals surface area (Å²) in [5.41, 5.74) is 1.64. The summed E-state index contributed by atoms with van der Waals surface area (Å²) in [5, 5.41) is 10.8. The Labute approximate surface area is 113 Å². The van der Waals surface area contributed by atoms with E-state index >= 15 is 0 Å². The highest BCUT2D eigenvalue weighted by atomic mass is 35.5. The summed E-state index contributed by atoms with van der Waals surface area (Å²) in [6.07, 6.45) is 3.50. The summed E-state index contributed by atoms with van der Waals surface area (Å²) in [4.78, 5) is 12.5. The molecule has 0 amide bonds. The van der Waals surface area contributed by atoms with Gasteiger partial charge in [0.2, 0.25) is 0 Å². The fourth-order valence-electron chi connectivity index (χ4n) is 1.82. The number of nitro groups is 1. The topological polar surface area (TPSA) is 46.4 Å². The SMILES string of the molecule is CCCCCN(C)c1ccc([N+](=O)[O-])c(CCl)c1. The van der Waals surface area contributed by atoms with E-state index in [2.05, 4.69) is 11.8 Å². The maximum Gasteiger partial charge on any atom is 0.273 e. The first-order valence-electron chi connectivity index (χ1n) is 6.14. The summed E-state index contributed by atoms with van der Waals surface area (Å²) in [5.74, 6) is 0.160. The standard InChI is InChI=1S/C13H19ClN2O2/c1-3-4-5-8-15(2)12-6-7-13(16(17)18)11(9-12)10-14/h6-7,9H,3-5,8,10H2,1-2H3. The monoisotopic (exact) mass is 270 g/mol. The number of benzene rings is 1. The molecule has 0 aliphatic rings. The summed E-state index contributed by atoms with van der Waals surface area (Å²) in [7, 11) is 1.99. The number of hydrogen-bond acceptors (Lipinski definition) is 3. The summed E-state index contributed by atoms with van der Waals surface area (Å²) < 4.78 is 0. The zero-order valence-corrected chi connectivity index (χ0v) is 11.6. The quantitative estimate of drug-likeness (QED) is 0.326. The van der Waals surface area contributed by atoms with Crippen LogP contribution >= 0.6 is 11.6 Å². The Morgan fingerprint density at radius 3 is 2.67 bits per heavy atom. The van der Waals surface area contributed by atoms with Gasteiger partial charge in [0.1, 0.15) is 0 Å². The lowest BCUT2D eigenvalue weighted by atomic mass is 10.1. The number of nitrogens with zero attached hydrogens (tertiary/aromatic N) is 2. The number of alkyl halides is 1. The summed E-state index contributed by atoms with van der Waals surface area (Å²) in [6.45, 7) is 3.12. The Morgan fingerprint density at radius 1 is 1.39 bits per heavy atom. The van der Waals surface area contributed by atoms with Gasteiger partial charge in [0.25, 0.3) is 5.69 Å². The number of hydrogen-bond donors (Lipinski definition) is 0. The van der Waals surface area contributed by atoms with E-state index in [4.69, 9.17) is 11.6 Å². The van der Waals surface area contributed by atoms with Crippen molar-refractivity contribution in [3.8, 4) is 0 Å². The van der Waals surface area contributed by atoms with Crippen LogP contribution in [0.1, 0.15) is 31.7 Å². The van der Waals surface area contributed by atoms with Crippen molar-refractivity contribution in [2.75, 3.05) is 18.5 Å². The number of anilines is 1. The molecule has 0 heterocycles. The van der Waals surface area contributed by atoms with E-state index in [0.717, 1.165) is 18.7 Å². The summed E-state index contributed by atoms with van der Waals surface area (Å²) in [6, 6.07) is 5.11. The van der Waals surface area contributed by atoms with Gasteiger partial charge in [-0.25, -0.2) is 0 Å². The lowest BCUT2D eigenvalue weighted by Gasteiger charge is -2.19. The number of halogens is 1. The molecule has 5 heteroatoms. The van der Waals surface area contributed by atoms with Crippen molar-refractivity contribution in [2.45, 2.75) is 32.1 Å². The highest BCUT2D eigenvalue weighted by Crippen LogP contribution is 2.26. The molecule has 18 heavy (non-hydrogen) atoms. The predicted octanol–water partition coefficient (Wildman–Crippen LogP) is 3.96. The van der Waals surface area contributed by atoms with Crippen molar-refractivity contribution < 1.29 is 4.92 Å². The lowest BCUT2D eigenvalue weighted by Crippen LogP contribution is -2.18. The van der Waals surface area contributed by atoms with Gasteiger partial charge >= 0.3 is 0 Å². The van der Waals surface area contributed by atoms with E-state index < -0.39 is 4.92 Å². The Kier molecular flexibility index (Phi) is 5.92. The van der Waals surface area contributed by atoms with E-state index in [-0.39, 0.29) is 11.6 Å². The van der Waals surface area contributed by atoms with Crippen LogP contribution in [-0.2, 0) is 5.88 Å². The molecule has 100 valence electrons. The number of nitro benzene ring substituents is 1. The number of rotatable bonds is 7. The highest BCUT2D eigenvalue weighted by molar-refractivity contribution is 6.17. The van der Waals surface area contributed by atoms with Crippen molar-refractivity contribution in [1.82, 2.24) is 0 Å². The third-order valence-corrected chi connectivity index (χ3v) is 3.23. The van der Waals surface area contributed by atoms with Gasteiger partial charge in [-0.2, -0.15) is 0 Å². The molecule has 0 unspecified atom stereocenters. The van der Waals surface area contributed by atoms with Gasteiger partial charge in [-0.15, -0.1) is 11.6 Å². The maximum absolute atomic E-state index is 10.8. The smallest absolute Gasteiger partial charge is 0.273 e. The first kappa shape index (κ1) is 14.8. The molecular weight excluding hydrogens is 252 g/mol. The molecule has 0 saturated heterocycles. The van der Waals surface area contributed by atoms with Crippen LogP contribution in [0.25, 0.3) is 0 Å². The van der Waals surface area contributed by atoms with Crippen molar-refractivity contribution in [1.29, 1.82) is 0 Å². The second-order valence-corrected chi connectivity index (χ2v) is 4.60. The Balaban J connectivity index is 2.81. The fourth-order valence-corrected chi connectivity index (χ4v) is 2.04. The molecule has 1 rings (SSSR count). The van der Waals surface area contributed by atoms with E-state index in [1.807, 2.05) is 7.05 Å². The highest BCUT2D eigenvalue weighted by Gasteiger charge is 2.14. The molecule has 0 aliphatic carbocycles. The van der Waals surface area contributed by atoms with E-state index in [0.29, 0.717) is 5.56 Å². The average Bonchev–Trinajstić information content (AvgIpc) is 2.37. The summed E-state index contributed by atoms with van der Waals surface area (Å²) >= 11 is 5.76. The van der Waals surface area contributed by atoms with E-state index in [1.54, 1.807) is 12.1 Å². The molecule has 4 nitrogen and oxygen atoms in total. The average molecular weight is 271 g/mol. The Hall–Kier alpha value is -1.29. The zero-order chi connectivity index (χ0) is 13.5. The molecule has 1 aromatic carbocycles. The molecule has 0 bridgehead atoms. The zero-order valence-electron chi connectivity index (χ0n) is 10.9. The van der Waals surface area contributed by atoms with Crippen LogP contribution in [0.5, 0.6) is 0 Å². The van der Waals surface area contributed by atoms with Gasteiger partial charge in [-0.05, 0) is 18.6 Å². The number of unbranched alkanes of at least 4 members (excludes halogenated alkanes) is 2. The molecule has 0 aliphatic heterocycles. The minimum Gasteiger partial charge on any atom is -0.375 e. The molecule has 0 radical (unpaired) electrons. The Morgan fingerprint density at radius 2 is 2.11 bits per heavy atom. The van der Waals surface area contributed by atoms with Gasteiger partial charge in [0, 0.05) is 30.9 Å². The van der Waals surface area contributed by atoms with Crippen LogP contribution in [0, 0.1) is 10.1 Å². The van der Waals surface area contributed by atoms with Crippen LogP contribution in [0.3, 0.4) is 0 Å². The second-order valence-electron chi connectivity index (χ2n) is 4.33. The van der Waals surface area contributed by atoms with Crippen LogP contribution in [0.15, 0.2) is 18.2 Å². The molecule has 1 aromatic rings. The second kappa shape index (κ2) is 7.21. The molecule has 0 N–H and O–H groups in total. The van der Waals surface area contributed by atoms with Gasteiger partial charge < -0.3 is 4.90 Å². The largest absolute Gasteiger partial charge is 0.375 e. The van der Waals surface area contributed by atoms with Gasteiger partial charge in [0.15, 0.2) is 0 Å². The maximum atomic E-state index is 10.8. The molecule has 0 fully saturated rings. The van der Waals surface area contributed by atoms with Crippen LogP contribution in [0.4, 0.5) is 11.4 Å². The first-order valence-corrected chi connectivity index (χ1v) is 6.68. The fraction of sp³-hybridized carbons (Fsp3) is 0.538. The van der Waals surface area contributed by atoms with Crippen LogP contribution in [0.2, 0.25) is 0 Å². The lowest BCUT2D eigenvalue weighted by molar-refractivity contribution is -0.385. The molecule has 0 atom stereocenters. The van der Waals surface area contributed by atoms with Gasteiger partial charge in [-0.3, -0.25) is 10.1 Å². The molecular formula is C13H19ClN2O2. The third kappa shape index (κ3) is 3.88. The first-order chi connectivity index (χ1) is 8.60. The van der Waals surface area contributed by atoms with E-state index in [1.165, 1.54) is 18.9 Å². The van der Waals surface area contributed by atoms with E-state index in [9.17, 15) is 10.1 Å². The van der Waals surface area contributed by atoms with Gasteiger partial charge in [0.05, 0.1) is 10.8 Å². The molecule has 0 spiro atoms. The van der Waals surface area contributed by atoms with Crippen molar-refractivity contribution in [3.05, 3.63) is 33.9 Å². The third-order valence-electron chi connectivity index (χ3n) is 2.94. The Bertz CT molecular complexity index is 410. The van der Waals surface area contributed by atoms with Crippen LogP contribution < -0.4 is 4.90 Å². The minimum absolute atomic E-state index is 0.0932. The molecule has 0 saturated carbocycles. The predicted molar refractivity (Wildman–Crippen MR) is 75.4 cm³/mol. The van der Waals surface area contributed by atoms with Crippen LogP contribution in [-0.4, -0.2) is 18.5 Å². The normalized spacial score (nSPS) is 10.4. The van der Waals surface area contributed by atoms with Crippen molar-refractivity contribution >= 4 is 23.0 Å².